The van der Waals surface area contributed by atoms with Crippen LogP contribution in [0.5, 0.6) is 0 Å². The van der Waals surface area contributed by atoms with Crippen molar-refractivity contribution in [1.29, 1.82) is 0 Å². The molecule has 0 saturated heterocycles. The molecule has 0 aromatic heterocycles. The Bertz CT molecular complexity index is 4250. The first-order valence-electron chi connectivity index (χ1n) is 36.3. The van der Waals surface area contributed by atoms with Crippen LogP contribution >= 0.6 is 0 Å². The lowest BCUT2D eigenvalue weighted by molar-refractivity contribution is 0.102. The molecule has 12 aromatic rings. The van der Waals surface area contributed by atoms with Gasteiger partial charge in [-0.3, -0.25) is 28.8 Å². The molecule has 0 radical (unpaired) electrons. The molecule has 6 nitrogen and oxygen atoms in total. The van der Waals surface area contributed by atoms with Gasteiger partial charge in [0.2, 0.25) is 0 Å². The molecule has 1 aliphatic carbocycles. The van der Waals surface area contributed by atoms with Crippen LogP contribution in [0, 0.1) is 0 Å². The number of benzene rings is 12. The van der Waals surface area contributed by atoms with E-state index in [0.717, 1.165) is 66.8 Å². The maximum atomic E-state index is 15.4. The van der Waals surface area contributed by atoms with Crippen LogP contribution in [0.2, 0.25) is 0 Å². The van der Waals surface area contributed by atoms with Crippen LogP contribution in [0.4, 0.5) is 0 Å². The Balaban J connectivity index is 1.13. The highest BCUT2D eigenvalue weighted by molar-refractivity contribution is 6.14. The molecule has 6 unspecified atom stereocenters. The summed E-state index contributed by atoms with van der Waals surface area (Å²) in [5, 5.41) is 0. The Hall–Kier alpha value is -11.3. The van der Waals surface area contributed by atoms with Gasteiger partial charge in [0.25, 0.3) is 0 Å². The molecule has 0 amide bonds. The first-order chi connectivity index (χ1) is 49.9. The van der Waals surface area contributed by atoms with Gasteiger partial charge in [-0.25, -0.2) is 0 Å². The van der Waals surface area contributed by atoms with Crippen LogP contribution in [-0.2, 0) is 0 Å². The van der Waals surface area contributed by atoms with Crippen LogP contribution in [0.25, 0.3) is 0 Å². The molecule has 0 saturated carbocycles. The van der Waals surface area contributed by atoms with E-state index in [4.69, 9.17) is 0 Å². The average molecular weight is 1330 g/mol. The molecular formula is C96H84O6. The Morgan fingerprint density at radius 2 is 0.314 bits per heavy atom. The second-order valence-corrected chi connectivity index (χ2v) is 27.0. The second kappa shape index (κ2) is 31.0. The summed E-state index contributed by atoms with van der Waals surface area (Å²) < 4.78 is 0. The smallest absolute Gasteiger partial charge is 0.193 e. The van der Waals surface area contributed by atoms with Crippen molar-refractivity contribution in [1.82, 2.24) is 0 Å². The average Bonchev–Trinajstić information content (AvgIpc) is 0.765. The quantitative estimate of drug-likeness (QED) is 0.0793. The van der Waals surface area contributed by atoms with Crippen LogP contribution < -0.4 is 0 Å². The molecule has 504 valence electrons. The Labute approximate surface area is 600 Å². The number of rotatable bonds is 18. The second-order valence-electron chi connectivity index (χ2n) is 27.0. The molecule has 0 aliphatic heterocycles. The lowest BCUT2D eigenvalue weighted by Gasteiger charge is -2.29. The predicted octanol–water partition coefficient (Wildman–Crippen LogP) is 22.6. The molecule has 6 atom stereocenters. The Kier molecular flexibility index (Phi) is 21.1. The van der Waals surface area contributed by atoms with Crippen molar-refractivity contribution in [2.75, 3.05) is 0 Å². The van der Waals surface area contributed by atoms with E-state index < -0.39 is 0 Å². The molecule has 0 fully saturated rings. The number of fused-ring (bicyclic) bond motifs is 12. The molecule has 12 aromatic carbocycles. The van der Waals surface area contributed by atoms with Gasteiger partial charge in [0.05, 0.1) is 0 Å². The standard InChI is InChI=1S/C96H84O6/c1-7-73-67-43-49-80(92(98)62-33-21-14-22-34-62)86(55-67)75(9-3)69-45-51-82(94(100)64-37-25-16-26-38-64)88(57-69)77(11-5)71-47-53-84(96(102)66-41-29-18-30-42-66)90(59-71)78(12-6)72-48-54-83(95(101)65-39-27-17-28-40-65)89(60-72)76(10-4)70-46-52-81(93(99)63-35-23-15-24-36-63)87(58-70)74(8-2)68-44-50-79(85(73)56-68)91(97)61-31-19-13-20-32-61/h13-60,73-78H,7-12H2,1-6H3. The van der Waals surface area contributed by atoms with Gasteiger partial charge in [0.15, 0.2) is 34.7 Å². The lowest BCUT2D eigenvalue weighted by atomic mass is 9.75. The molecule has 0 spiro atoms. The SMILES string of the molecule is CCC1c2ccc(C(=O)c3ccccc3)c(c2)C(CC)c2ccc(C(=O)c3ccccc3)c(c2)C(CC)c2ccc(C(=O)c3ccccc3)c(c2)C(CC)c2ccc(C(=O)c3ccccc3)c(c2)C(CC)c2ccc(C(=O)c3ccccc3)c(c2)C(CC)c2ccc(C(=O)c3ccccc3)c1c2. The van der Waals surface area contributed by atoms with Crippen LogP contribution in [0.15, 0.2) is 291 Å². The maximum Gasteiger partial charge on any atom is 0.193 e. The van der Waals surface area contributed by atoms with E-state index in [1.807, 2.05) is 218 Å². The van der Waals surface area contributed by atoms with Crippen molar-refractivity contribution in [2.45, 2.75) is 116 Å². The fourth-order valence-electron chi connectivity index (χ4n) is 16.0. The highest BCUT2D eigenvalue weighted by atomic mass is 16.1. The van der Waals surface area contributed by atoms with Crippen molar-refractivity contribution in [3.8, 4) is 0 Å². The predicted molar refractivity (Wildman–Crippen MR) is 411 cm³/mol. The minimum Gasteiger partial charge on any atom is -0.289 e. The van der Waals surface area contributed by atoms with Crippen molar-refractivity contribution >= 4 is 34.7 Å². The number of ketones is 6. The van der Waals surface area contributed by atoms with E-state index in [1.54, 1.807) is 0 Å². The van der Waals surface area contributed by atoms with Crippen LogP contribution in [0.3, 0.4) is 0 Å². The maximum absolute atomic E-state index is 15.4. The van der Waals surface area contributed by atoms with Gasteiger partial charge >= 0.3 is 0 Å². The summed E-state index contributed by atoms with van der Waals surface area (Å²) >= 11 is 0. The molecule has 13 rings (SSSR count). The van der Waals surface area contributed by atoms with Crippen LogP contribution in [-0.4, -0.2) is 34.7 Å². The molecule has 0 heterocycles. The molecular weight excluding hydrogens is 1250 g/mol. The first-order valence-corrected chi connectivity index (χ1v) is 36.3. The van der Waals surface area contributed by atoms with Gasteiger partial charge in [0.1, 0.15) is 0 Å². The number of hydrogen-bond acceptors (Lipinski definition) is 6. The van der Waals surface area contributed by atoms with E-state index in [2.05, 4.69) is 114 Å². The van der Waals surface area contributed by atoms with Gasteiger partial charge in [-0.2, -0.15) is 0 Å². The summed E-state index contributed by atoms with van der Waals surface area (Å²) in [4.78, 5) is 92.4. The molecule has 102 heavy (non-hydrogen) atoms. The fourth-order valence-corrected chi connectivity index (χ4v) is 16.0. The van der Waals surface area contributed by atoms with Gasteiger partial charge in [0, 0.05) is 102 Å². The third-order valence-corrected chi connectivity index (χ3v) is 21.3. The zero-order chi connectivity index (χ0) is 71.0. The zero-order valence-corrected chi connectivity index (χ0v) is 58.9. The summed E-state index contributed by atoms with van der Waals surface area (Å²) in [5.74, 6) is -2.92. The monoisotopic (exact) mass is 1330 g/mol. The van der Waals surface area contributed by atoms with E-state index >= 15 is 28.8 Å². The fraction of sp³-hybridized carbons (Fsp3) is 0.188. The van der Waals surface area contributed by atoms with Crippen molar-refractivity contribution in [3.05, 3.63) is 425 Å². The highest BCUT2D eigenvalue weighted by Crippen LogP contribution is 2.46. The van der Waals surface area contributed by atoms with E-state index in [1.165, 1.54) is 0 Å². The highest BCUT2D eigenvalue weighted by Gasteiger charge is 2.34. The third kappa shape index (κ3) is 13.7. The third-order valence-electron chi connectivity index (χ3n) is 21.3. The van der Waals surface area contributed by atoms with Crippen molar-refractivity contribution in [3.63, 3.8) is 0 Å². The Morgan fingerprint density at radius 3 is 0.431 bits per heavy atom. The summed E-state index contributed by atoms with van der Waals surface area (Å²) in [6.45, 7) is 12.9. The van der Waals surface area contributed by atoms with Gasteiger partial charge < -0.3 is 0 Å². The number of carbonyl (C=O) groups excluding carboxylic acids is 6. The molecule has 1 aliphatic rings. The number of carbonyl (C=O) groups is 6. The number of hydrogen-bond donors (Lipinski definition) is 0. The largest absolute Gasteiger partial charge is 0.289 e. The molecule has 6 heteroatoms. The lowest BCUT2D eigenvalue weighted by Crippen LogP contribution is -2.17. The zero-order valence-electron chi connectivity index (χ0n) is 58.9. The minimum absolute atomic E-state index is 0.117. The van der Waals surface area contributed by atoms with Crippen molar-refractivity contribution in [2.24, 2.45) is 0 Å². The van der Waals surface area contributed by atoms with E-state index in [9.17, 15) is 0 Å². The van der Waals surface area contributed by atoms with Crippen LogP contribution in [0.1, 0.15) is 278 Å². The summed E-state index contributed by atoms with van der Waals surface area (Å²) in [6.07, 6.45) is 3.51. The van der Waals surface area contributed by atoms with Gasteiger partial charge in [-0.05, 0) is 105 Å². The van der Waals surface area contributed by atoms with Gasteiger partial charge in [-0.15, -0.1) is 0 Å². The van der Waals surface area contributed by atoms with E-state index in [0.29, 0.717) is 105 Å². The van der Waals surface area contributed by atoms with Gasteiger partial charge in [-0.1, -0.05) is 333 Å². The normalized spacial score (nSPS) is 16.4. The minimum atomic E-state index is -0.370. The topological polar surface area (TPSA) is 102 Å². The summed E-state index contributed by atoms with van der Waals surface area (Å²) in [7, 11) is 0. The molecule has 12 bridgehead atoms. The molecule has 0 N–H and O–H groups in total. The van der Waals surface area contributed by atoms with Crippen molar-refractivity contribution < 1.29 is 28.8 Å². The summed E-state index contributed by atoms with van der Waals surface area (Å²) in [6, 6.07) is 93.9. The summed E-state index contributed by atoms with van der Waals surface area (Å²) in [5.41, 5.74) is 17.2. The Morgan fingerprint density at radius 1 is 0.186 bits per heavy atom. The first kappa shape index (κ1) is 69.2. The van der Waals surface area contributed by atoms with E-state index in [-0.39, 0.29) is 70.2 Å².